The number of hydrogen-bond acceptors (Lipinski definition) is 2. The van der Waals surface area contributed by atoms with Crippen molar-refractivity contribution in [2.24, 2.45) is 0 Å². The first-order chi connectivity index (χ1) is 6.57. The first-order valence-electron chi connectivity index (χ1n) is 4.50. The van der Waals surface area contributed by atoms with Gasteiger partial charge in [-0.15, -0.1) is 0 Å². The molecule has 1 saturated carbocycles. The molecule has 2 rings (SSSR count). The smallest absolute Gasteiger partial charge is 0.248 e. The third-order valence-corrected chi connectivity index (χ3v) is 2.72. The molecule has 1 aromatic heterocycles. The highest BCUT2D eigenvalue weighted by atomic mass is 32.1. The molecular weight excluding hydrogens is 206 g/mol. The Labute approximate surface area is 85.4 Å². The van der Waals surface area contributed by atoms with Crippen LogP contribution in [0.3, 0.4) is 0 Å². The van der Waals surface area contributed by atoms with E-state index in [1.54, 1.807) is 12.3 Å². The van der Waals surface area contributed by atoms with E-state index in [0.29, 0.717) is 16.9 Å². The Hall–Kier alpha value is -0.840. The number of aromatic amines is 1. The van der Waals surface area contributed by atoms with Crippen molar-refractivity contribution >= 4 is 12.2 Å². The number of rotatable bonds is 1. The van der Waals surface area contributed by atoms with Gasteiger partial charge >= 0.3 is 0 Å². The number of alkyl halides is 2. The van der Waals surface area contributed by atoms with Gasteiger partial charge in [-0.05, 0) is 12.5 Å². The molecule has 76 valence electrons. The minimum absolute atomic E-state index is 0.0468. The predicted octanol–water partition coefficient (Wildman–Crippen LogP) is 3.04. The van der Waals surface area contributed by atoms with Crippen LogP contribution in [-0.2, 0) is 0 Å². The molecule has 0 saturated heterocycles. The van der Waals surface area contributed by atoms with E-state index in [1.165, 1.54) is 0 Å². The molecule has 1 heterocycles. The molecule has 0 spiro atoms. The molecule has 0 amide bonds. The number of halogens is 2. The number of hydrogen-bond donors (Lipinski definition) is 1. The number of H-pyrrole nitrogens is 1. The third kappa shape index (κ3) is 1.97. The Kier molecular flexibility index (Phi) is 2.34. The lowest BCUT2D eigenvalue weighted by Crippen LogP contribution is -2.10. The fourth-order valence-corrected chi connectivity index (χ4v) is 1.94. The summed E-state index contributed by atoms with van der Waals surface area (Å²) in [5.41, 5.74) is 0. The minimum atomic E-state index is -2.53. The van der Waals surface area contributed by atoms with Crippen LogP contribution in [0.4, 0.5) is 8.78 Å². The maximum absolute atomic E-state index is 12.9. The molecule has 0 aromatic carbocycles. The van der Waals surface area contributed by atoms with Crippen molar-refractivity contribution in [3.63, 3.8) is 0 Å². The van der Waals surface area contributed by atoms with Crippen LogP contribution in [0.15, 0.2) is 12.3 Å². The molecule has 5 heteroatoms. The summed E-state index contributed by atoms with van der Waals surface area (Å²) in [6.45, 7) is 0. The molecule has 1 atom stereocenters. The predicted molar refractivity (Wildman–Crippen MR) is 51.0 cm³/mol. The van der Waals surface area contributed by atoms with Crippen molar-refractivity contribution in [1.29, 1.82) is 0 Å². The summed E-state index contributed by atoms with van der Waals surface area (Å²) >= 11 is 4.91. The highest BCUT2D eigenvalue weighted by molar-refractivity contribution is 7.71. The summed E-state index contributed by atoms with van der Waals surface area (Å²) in [4.78, 5) is 6.89. The van der Waals surface area contributed by atoms with Crippen molar-refractivity contribution in [3.05, 3.63) is 22.7 Å². The molecule has 0 bridgehead atoms. The zero-order chi connectivity index (χ0) is 10.2. The van der Waals surface area contributed by atoms with Gasteiger partial charge in [-0.1, -0.05) is 12.2 Å². The second-order valence-electron chi connectivity index (χ2n) is 3.62. The highest BCUT2D eigenvalue weighted by Crippen LogP contribution is 2.42. The number of aromatic nitrogens is 2. The molecule has 1 N–H and O–H groups in total. The maximum Gasteiger partial charge on any atom is 0.248 e. The zero-order valence-corrected chi connectivity index (χ0v) is 8.28. The maximum atomic E-state index is 12.9. The fraction of sp³-hybridized carbons (Fsp3) is 0.556. The first kappa shape index (κ1) is 9.71. The van der Waals surface area contributed by atoms with Gasteiger partial charge in [-0.2, -0.15) is 0 Å². The normalized spacial score (nSPS) is 25.1. The van der Waals surface area contributed by atoms with E-state index in [9.17, 15) is 8.78 Å². The molecule has 14 heavy (non-hydrogen) atoms. The van der Waals surface area contributed by atoms with E-state index in [1.807, 2.05) is 0 Å². The summed E-state index contributed by atoms with van der Waals surface area (Å²) in [7, 11) is 0. The molecule has 0 aliphatic heterocycles. The summed E-state index contributed by atoms with van der Waals surface area (Å²) in [6, 6.07) is 1.64. The van der Waals surface area contributed by atoms with Crippen LogP contribution in [0.5, 0.6) is 0 Å². The first-order valence-corrected chi connectivity index (χ1v) is 4.91. The number of nitrogens with one attached hydrogen (secondary N) is 1. The largest absolute Gasteiger partial charge is 0.335 e. The van der Waals surface area contributed by atoms with Crippen molar-refractivity contribution < 1.29 is 8.78 Å². The average molecular weight is 216 g/mol. The van der Waals surface area contributed by atoms with Crippen molar-refractivity contribution in [2.45, 2.75) is 31.1 Å². The lowest BCUT2D eigenvalue weighted by Gasteiger charge is -2.09. The van der Waals surface area contributed by atoms with Crippen LogP contribution in [0.2, 0.25) is 0 Å². The van der Waals surface area contributed by atoms with Gasteiger partial charge in [-0.3, -0.25) is 0 Å². The monoisotopic (exact) mass is 216 g/mol. The van der Waals surface area contributed by atoms with E-state index in [2.05, 4.69) is 9.97 Å². The zero-order valence-electron chi connectivity index (χ0n) is 7.46. The van der Waals surface area contributed by atoms with E-state index in [-0.39, 0.29) is 18.8 Å². The van der Waals surface area contributed by atoms with Gasteiger partial charge in [0, 0.05) is 25.0 Å². The Morgan fingerprint density at radius 2 is 2.36 bits per heavy atom. The third-order valence-electron chi connectivity index (χ3n) is 2.48. The Balaban J connectivity index is 2.22. The second-order valence-corrected chi connectivity index (χ2v) is 4.05. The van der Waals surface area contributed by atoms with Crippen LogP contribution in [0, 0.1) is 4.64 Å². The van der Waals surface area contributed by atoms with Gasteiger partial charge in [0.05, 0.1) is 0 Å². The van der Waals surface area contributed by atoms with Gasteiger partial charge in [0.25, 0.3) is 0 Å². The molecular formula is C9H10F2N2S. The minimum Gasteiger partial charge on any atom is -0.335 e. The topological polar surface area (TPSA) is 28.7 Å². The molecule has 1 fully saturated rings. The van der Waals surface area contributed by atoms with Crippen LogP contribution in [-0.4, -0.2) is 15.9 Å². The van der Waals surface area contributed by atoms with Gasteiger partial charge < -0.3 is 4.98 Å². The van der Waals surface area contributed by atoms with Crippen molar-refractivity contribution in [1.82, 2.24) is 9.97 Å². The van der Waals surface area contributed by atoms with Gasteiger partial charge in [-0.25, -0.2) is 13.8 Å². The average Bonchev–Trinajstić information content (AvgIpc) is 2.46. The lowest BCUT2D eigenvalue weighted by atomic mass is 10.1. The number of nitrogens with zero attached hydrogens (tertiary/aromatic N) is 1. The van der Waals surface area contributed by atoms with Crippen molar-refractivity contribution in [3.8, 4) is 0 Å². The molecule has 1 aliphatic rings. The lowest BCUT2D eigenvalue weighted by molar-refractivity contribution is 0.00753. The van der Waals surface area contributed by atoms with E-state index in [0.717, 1.165) is 0 Å². The van der Waals surface area contributed by atoms with Gasteiger partial charge in [0.1, 0.15) is 10.5 Å². The highest BCUT2D eigenvalue weighted by Gasteiger charge is 2.40. The van der Waals surface area contributed by atoms with Crippen LogP contribution >= 0.6 is 12.2 Å². The van der Waals surface area contributed by atoms with Crippen molar-refractivity contribution in [2.75, 3.05) is 0 Å². The van der Waals surface area contributed by atoms with Crippen LogP contribution < -0.4 is 0 Å². The molecule has 1 aromatic rings. The molecule has 0 radical (unpaired) electrons. The Morgan fingerprint density at radius 3 is 2.93 bits per heavy atom. The molecule has 2 nitrogen and oxygen atoms in total. The summed E-state index contributed by atoms with van der Waals surface area (Å²) < 4.78 is 26.4. The molecule has 1 unspecified atom stereocenters. The summed E-state index contributed by atoms with van der Waals surface area (Å²) in [6.07, 6.45) is 1.88. The van der Waals surface area contributed by atoms with Gasteiger partial charge in [0.15, 0.2) is 0 Å². The van der Waals surface area contributed by atoms with E-state index < -0.39 is 5.92 Å². The Bertz CT molecular complexity index is 388. The fourth-order valence-electron chi connectivity index (χ4n) is 1.78. The standard InChI is InChI=1S/C9H10F2N2S/c10-9(11)3-1-6(5-9)8-12-4-2-7(14)13-8/h2,4,6H,1,3,5H2,(H,12,13,14). The van der Waals surface area contributed by atoms with Crippen LogP contribution in [0.25, 0.3) is 0 Å². The second kappa shape index (κ2) is 3.38. The summed E-state index contributed by atoms with van der Waals surface area (Å²) in [5.74, 6) is -2.11. The van der Waals surface area contributed by atoms with E-state index >= 15 is 0 Å². The van der Waals surface area contributed by atoms with E-state index in [4.69, 9.17) is 12.2 Å². The van der Waals surface area contributed by atoms with Crippen LogP contribution in [0.1, 0.15) is 31.0 Å². The SMILES string of the molecule is FC1(F)CCC(c2nccc(=S)[nH]2)C1. The quantitative estimate of drug-likeness (QED) is 0.731. The Morgan fingerprint density at radius 1 is 1.57 bits per heavy atom. The molecule has 1 aliphatic carbocycles. The van der Waals surface area contributed by atoms with Gasteiger partial charge in [0.2, 0.25) is 5.92 Å². The summed E-state index contributed by atoms with van der Waals surface area (Å²) in [5, 5.41) is 0.